The Morgan fingerprint density at radius 1 is 0.865 bits per heavy atom. The Hall–Kier alpha value is -1.23. The van der Waals surface area contributed by atoms with Crippen LogP contribution < -0.4 is 22.5 Å². The van der Waals surface area contributed by atoms with Gasteiger partial charge in [0.2, 0.25) is 0 Å². The first-order valence-electron chi connectivity index (χ1n) is 10.7. The Balaban J connectivity index is 1.31. The molecule has 2 aliphatic rings. The van der Waals surface area contributed by atoms with Crippen molar-refractivity contribution in [2.24, 2.45) is 0 Å². The van der Waals surface area contributed by atoms with Gasteiger partial charge in [0, 0.05) is 25.2 Å². The van der Waals surface area contributed by atoms with Crippen LogP contribution in [-0.4, -0.2) is 71.8 Å². The molecule has 37 heavy (non-hydrogen) atoms. The molecule has 4 heterocycles. The van der Waals surface area contributed by atoms with E-state index < -0.39 is 80.4 Å². The lowest BCUT2D eigenvalue weighted by Crippen LogP contribution is -2.33. The number of H-pyrrole nitrogens is 2. The Kier molecular flexibility index (Phi) is 8.93. The normalized spacial score (nSPS) is 29.4. The van der Waals surface area contributed by atoms with Gasteiger partial charge in [0.15, 0.2) is 0 Å². The van der Waals surface area contributed by atoms with Gasteiger partial charge in [0.05, 0.1) is 32.6 Å². The van der Waals surface area contributed by atoms with E-state index in [1.165, 1.54) is 12.4 Å². The van der Waals surface area contributed by atoms with Crippen LogP contribution in [0.4, 0.5) is 0 Å². The summed E-state index contributed by atoms with van der Waals surface area (Å²) in [6.07, 6.45) is -3.91. The molecule has 2 aromatic heterocycles. The van der Waals surface area contributed by atoms with E-state index in [1.54, 1.807) is 45.2 Å². The van der Waals surface area contributed by atoms with Crippen molar-refractivity contribution in [1.82, 2.24) is 19.1 Å². The number of nitrogens with zero attached hydrogens (tertiary/aromatic N) is 2. The van der Waals surface area contributed by atoms with E-state index in [4.69, 9.17) is 18.5 Å². The summed E-state index contributed by atoms with van der Waals surface area (Å²) in [5.41, 5.74) is -2.62. The number of hydrogen-bond acceptors (Lipinski definition) is 11. The molecule has 0 bridgehead atoms. The van der Waals surface area contributed by atoms with Gasteiger partial charge < -0.3 is 24.6 Å². The molecule has 0 spiro atoms. The minimum atomic E-state index is -4.70. The molecular weight excluding hydrogens is 749 g/mol. The molecule has 2 aliphatic heterocycles. The lowest BCUT2D eigenvalue weighted by molar-refractivity contribution is -0.0583. The second-order valence-corrected chi connectivity index (χ2v) is 12.0. The number of halogens is 2. The van der Waals surface area contributed by atoms with E-state index in [9.17, 15) is 38.8 Å². The molecule has 204 valence electrons. The zero-order valence-corrected chi connectivity index (χ0v) is 23.8. The van der Waals surface area contributed by atoms with E-state index in [0.717, 1.165) is 9.13 Å². The molecule has 2 fully saturated rings. The molecule has 19 heteroatoms. The van der Waals surface area contributed by atoms with Gasteiger partial charge in [-0.3, -0.25) is 37.7 Å². The lowest BCUT2D eigenvalue weighted by atomic mass is 10.2. The molecular formula is C18H21I2N4O12P. The number of phosphoric acid groups is 1. The average Bonchev–Trinajstić information content (AvgIpc) is 3.38. The van der Waals surface area contributed by atoms with Crippen LogP contribution in [0.25, 0.3) is 0 Å². The zero-order chi connectivity index (χ0) is 27.1. The van der Waals surface area contributed by atoms with Crippen LogP contribution in [-0.2, 0) is 23.1 Å². The highest BCUT2D eigenvalue weighted by Crippen LogP contribution is 2.45. The summed E-state index contributed by atoms with van der Waals surface area (Å²) in [7, 11) is -4.70. The van der Waals surface area contributed by atoms with Gasteiger partial charge in [0.25, 0.3) is 11.1 Å². The third-order valence-electron chi connectivity index (χ3n) is 5.68. The number of aromatic amines is 2. The van der Waals surface area contributed by atoms with Crippen LogP contribution in [0.2, 0.25) is 0 Å². The largest absolute Gasteiger partial charge is 0.472 e. The molecule has 0 aromatic carbocycles. The summed E-state index contributed by atoms with van der Waals surface area (Å²) in [4.78, 5) is 61.5. The number of hydrogen-bond donors (Lipinski definition) is 5. The smallest absolute Gasteiger partial charge is 0.390 e. The second kappa shape index (κ2) is 11.5. The molecule has 4 rings (SSSR count). The number of aliphatic hydroxyl groups is 2. The SMILES string of the molecule is O=c1[nH]c(=O)n(C2CC(O)C(COP(=O)(O)OCC3OC(n4cc(I)c(=O)[nH]c4=O)CC3O)O2)cc1I. The van der Waals surface area contributed by atoms with Gasteiger partial charge in [0.1, 0.15) is 24.7 Å². The summed E-state index contributed by atoms with van der Waals surface area (Å²) < 4.78 is 36.0. The maximum absolute atomic E-state index is 12.4. The Morgan fingerprint density at radius 3 is 1.62 bits per heavy atom. The molecule has 6 atom stereocenters. The van der Waals surface area contributed by atoms with Crippen molar-refractivity contribution in [2.45, 2.75) is 49.7 Å². The summed E-state index contributed by atoms with van der Waals surface area (Å²) in [6, 6.07) is 0. The Bertz CT molecular complexity index is 1340. The van der Waals surface area contributed by atoms with Crippen LogP contribution >= 0.6 is 53.0 Å². The van der Waals surface area contributed by atoms with Crippen molar-refractivity contribution < 1.29 is 38.2 Å². The van der Waals surface area contributed by atoms with Gasteiger partial charge >= 0.3 is 19.2 Å². The topological polar surface area (TPSA) is 224 Å². The maximum Gasteiger partial charge on any atom is 0.472 e. The minimum absolute atomic E-state index is 0.0425. The van der Waals surface area contributed by atoms with Crippen molar-refractivity contribution in [1.29, 1.82) is 0 Å². The molecule has 5 N–H and O–H groups in total. The number of rotatable bonds is 8. The Morgan fingerprint density at radius 2 is 1.24 bits per heavy atom. The van der Waals surface area contributed by atoms with Crippen LogP contribution in [0.1, 0.15) is 25.3 Å². The molecule has 0 radical (unpaired) electrons. The van der Waals surface area contributed by atoms with E-state index in [0.29, 0.717) is 0 Å². The number of ether oxygens (including phenoxy) is 2. The summed E-state index contributed by atoms with van der Waals surface area (Å²) in [5.74, 6) is 0. The summed E-state index contributed by atoms with van der Waals surface area (Å²) >= 11 is 3.47. The molecule has 2 aromatic rings. The fourth-order valence-electron chi connectivity index (χ4n) is 3.79. The van der Waals surface area contributed by atoms with E-state index in [-0.39, 0.29) is 20.0 Å². The van der Waals surface area contributed by atoms with Crippen LogP contribution in [0.15, 0.2) is 31.6 Å². The summed E-state index contributed by atoms with van der Waals surface area (Å²) in [5, 5.41) is 20.5. The first-order chi connectivity index (χ1) is 17.3. The van der Waals surface area contributed by atoms with Crippen LogP contribution in [0.5, 0.6) is 0 Å². The van der Waals surface area contributed by atoms with Gasteiger partial charge in [-0.1, -0.05) is 0 Å². The molecule has 0 aliphatic carbocycles. The number of phosphoric ester groups is 1. The molecule has 0 saturated carbocycles. The van der Waals surface area contributed by atoms with Crippen molar-refractivity contribution in [3.63, 3.8) is 0 Å². The highest BCUT2D eigenvalue weighted by molar-refractivity contribution is 14.1. The first kappa shape index (κ1) is 28.8. The fourth-order valence-corrected chi connectivity index (χ4v) is 5.41. The Labute approximate surface area is 233 Å². The number of aromatic nitrogens is 4. The van der Waals surface area contributed by atoms with Crippen molar-refractivity contribution in [2.75, 3.05) is 13.2 Å². The van der Waals surface area contributed by atoms with Crippen molar-refractivity contribution in [3.05, 3.63) is 61.2 Å². The van der Waals surface area contributed by atoms with E-state index >= 15 is 0 Å². The molecule has 0 amide bonds. The van der Waals surface area contributed by atoms with Crippen LogP contribution in [0.3, 0.4) is 0 Å². The molecule has 6 unspecified atom stereocenters. The standard InChI is InChI=1S/C18H21I2N4O12P/c19-7-3-23(17(29)21-15(7)27)13-1-9(25)11(35-13)5-33-37(31,32)34-6-12-10(26)2-14(36-12)24-4-8(20)16(28)22-18(24)30/h3-4,9-14,25-26H,1-2,5-6H2,(H,31,32)(H,21,27,29)(H,22,28,30). The average molecular weight is 770 g/mol. The van der Waals surface area contributed by atoms with E-state index in [1.807, 2.05) is 0 Å². The van der Waals surface area contributed by atoms with Crippen LogP contribution in [0, 0.1) is 7.14 Å². The summed E-state index contributed by atoms with van der Waals surface area (Å²) in [6.45, 7) is -1.13. The number of aliphatic hydroxyl groups excluding tert-OH is 2. The molecule has 2 saturated heterocycles. The zero-order valence-electron chi connectivity index (χ0n) is 18.6. The number of nitrogens with one attached hydrogen (secondary N) is 2. The van der Waals surface area contributed by atoms with Gasteiger partial charge in [-0.25, -0.2) is 14.2 Å². The van der Waals surface area contributed by atoms with Gasteiger partial charge in [-0.2, -0.15) is 0 Å². The molecule has 16 nitrogen and oxygen atoms in total. The predicted molar refractivity (Wildman–Crippen MR) is 139 cm³/mol. The minimum Gasteiger partial charge on any atom is -0.390 e. The van der Waals surface area contributed by atoms with Crippen molar-refractivity contribution >= 4 is 53.0 Å². The fraction of sp³-hybridized carbons (Fsp3) is 0.556. The third-order valence-corrected chi connectivity index (χ3v) is 8.17. The van der Waals surface area contributed by atoms with Crippen molar-refractivity contribution in [3.8, 4) is 0 Å². The van der Waals surface area contributed by atoms with Gasteiger partial charge in [-0.15, -0.1) is 0 Å². The monoisotopic (exact) mass is 770 g/mol. The quantitative estimate of drug-likeness (QED) is 0.157. The van der Waals surface area contributed by atoms with E-state index in [2.05, 4.69) is 9.97 Å². The maximum atomic E-state index is 12.4. The third kappa shape index (κ3) is 6.68. The lowest BCUT2D eigenvalue weighted by Gasteiger charge is -2.20. The predicted octanol–water partition coefficient (Wildman–Crippen LogP) is -1.27. The second-order valence-electron chi connectivity index (χ2n) is 8.21. The first-order valence-corrected chi connectivity index (χ1v) is 14.3. The highest BCUT2D eigenvalue weighted by Gasteiger charge is 2.40. The van der Waals surface area contributed by atoms with Gasteiger partial charge in [-0.05, 0) is 45.2 Å². The highest BCUT2D eigenvalue weighted by atomic mass is 127.